The topological polar surface area (TPSA) is 130 Å². The van der Waals surface area contributed by atoms with E-state index in [0.717, 1.165) is 132 Å². The van der Waals surface area contributed by atoms with Crippen LogP contribution in [0.25, 0.3) is 223 Å². The smallest absolute Gasteiger partial charge is 0.167 e. The van der Waals surface area contributed by atoms with Crippen LogP contribution in [0.4, 0.5) is 0 Å². The minimum absolute atomic E-state index is 0.533. The number of rotatable bonds is 6. The van der Waals surface area contributed by atoms with Crippen molar-refractivity contribution in [1.29, 1.82) is 0 Å². The predicted octanol–water partition coefficient (Wildman–Crippen LogP) is 29.4. The fourth-order valence-electron chi connectivity index (χ4n) is 21.4. The molecule has 0 saturated heterocycles. The van der Waals surface area contributed by atoms with Gasteiger partial charge in [-0.05, 0) is 190 Å². The van der Waals surface area contributed by atoms with E-state index in [9.17, 15) is 0 Å². The van der Waals surface area contributed by atoms with Gasteiger partial charge in [-0.15, -0.1) is 0 Å². The van der Waals surface area contributed by atoms with Crippen LogP contribution >= 0.6 is 0 Å². The van der Waals surface area contributed by atoms with Gasteiger partial charge in [0.1, 0.15) is 44.7 Å². The van der Waals surface area contributed by atoms with Crippen LogP contribution < -0.4 is 0 Å². The number of nitrogens with zero attached hydrogens (tertiary/aromatic N) is 6. The van der Waals surface area contributed by atoms with Crippen LogP contribution in [0.3, 0.4) is 0 Å². The van der Waals surface area contributed by atoms with Crippen molar-refractivity contribution in [2.75, 3.05) is 0 Å². The molecular formula is C116H66N6O4. The molecule has 0 unspecified atom stereocenters. The lowest BCUT2D eigenvalue weighted by Gasteiger charge is -2.35. The first-order valence-electron chi connectivity index (χ1n) is 42.7. The second kappa shape index (κ2) is 26.8. The molecule has 0 aliphatic heterocycles. The van der Waals surface area contributed by atoms with E-state index in [4.69, 9.17) is 47.6 Å². The fourth-order valence-corrected chi connectivity index (χ4v) is 21.4. The molecule has 126 heavy (non-hydrogen) atoms. The highest BCUT2D eigenvalue weighted by Crippen LogP contribution is 2.64. The Morgan fingerprint density at radius 3 is 0.698 bits per heavy atom. The highest BCUT2D eigenvalue weighted by Gasteiger charge is 2.52. The third kappa shape index (κ3) is 10.1. The molecule has 0 atom stereocenters. The number of furan rings is 4. The van der Waals surface area contributed by atoms with Gasteiger partial charge in [-0.2, -0.15) is 0 Å². The van der Waals surface area contributed by atoms with E-state index in [1.165, 1.54) is 100 Å². The highest BCUT2D eigenvalue weighted by molar-refractivity contribution is 6.11. The summed E-state index contributed by atoms with van der Waals surface area (Å²) in [6.45, 7) is 0. The number of hydrogen-bond donors (Lipinski definition) is 0. The Hall–Kier alpha value is -16.8. The third-order valence-corrected chi connectivity index (χ3v) is 26.8. The Morgan fingerprint density at radius 2 is 0.365 bits per heavy atom. The number of hydrogen-bond acceptors (Lipinski definition) is 10. The van der Waals surface area contributed by atoms with Gasteiger partial charge in [0.2, 0.25) is 0 Å². The van der Waals surface area contributed by atoms with Gasteiger partial charge < -0.3 is 17.7 Å². The molecule has 6 aromatic heterocycles. The lowest BCUT2D eigenvalue weighted by atomic mass is 9.66. The van der Waals surface area contributed by atoms with Gasteiger partial charge in [-0.3, -0.25) is 0 Å². The number of para-hydroxylation sites is 5. The number of benzene rings is 18. The molecule has 4 aliphatic rings. The summed E-state index contributed by atoms with van der Waals surface area (Å²) < 4.78 is 25.6. The fraction of sp³-hybridized carbons (Fsp3) is 0.0172. The Kier molecular flexibility index (Phi) is 14.9. The highest BCUT2D eigenvalue weighted by atomic mass is 16.3. The van der Waals surface area contributed by atoms with Crippen molar-refractivity contribution >= 4 is 87.8 Å². The van der Waals surface area contributed by atoms with Gasteiger partial charge in [-0.25, -0.2) is 29.9 Å². The van der Waals surface area contributed by atoms with Crippen molar-refractivity contribution in [2.24, 2.45) is 0 Å². The molecule has 10 nitrogen and oxygen atoms in total. The van der Waals surface area contributed by atoms with Gasteiger partial charge in [0.15, 0.2) is 34.9 Å². The van der Waals surface area contributed by atoms with Crippen molar-refractivity contribution in [3.05, 3.63) is 445 Å². The third-order valence-electron chi connectivity index (χ3n) is 26.8. The number of aromatic nitrogens is 6. The van der Waals surface area contributed by atoms with E-state index in [1.54, 1.807) is 0 Å². The van der Waals surface area contributed by atoms with E-state index < -0.39 is 10.8 Å². The zero-order chi connectivity index (χ0) is 82.5. The molecule has 28 rings (SSSR count). The predicted molar refractivity (Wildman–Crippen MR) is 505 cm³/mol. The van der Waals surface area contributed by atoms with Gasteiger partial charge in [-0.1, -0.05) is 322 Å². The lowest BCUT2D eigenvalue weighted by molar-refractivity contribution is 0.668. The molecule has 6 heterocycles. The second-order valence-electron chi connectivity index (χ2n) is 33.2. The maximum atomic E-state index is 6.56. The molecule has 4 aliphatic carbocycles. The minimum atomic E-state index is -0.578. The molecule has 10 heteroatoms. The maximum Gasteiger partial charge on any atom is 0.167 e. The average Bonchev–Trinajstić information content (AvgIpc) is 1.52. The van der Waals surface area contributed by atoms with Crippen LogP contribution in [0, 0.1) is 0 Å². The first-order chi connectivity index (χ1) is 62.4. The molecule has 0 fully saturated rings. The van der Waals surface area contributed by atoms with Crippen LogP contribution in [0.15, 0.2) is 418 Å². The molecule has 0 saturated carbocycles. The van der Waals surface area contributed by atoms with E-state index in [2.05, 4.69) is 303 Å². The van der Waals surface area contributed by atoms with Crippen LogP contribution in [0.5, 0.6) is 0 Å². The summed E-state index contributed by atoms with van der Waals surface area (Å²) in [6, 6.07) is 142. The monoisotopic (exact) mass is 1610 g/mol. The Labute approximate surface area is 721 Å². The number of fused-ring (bicyclic) bond motifs is 36. The lowest BCUT2D eigenvalue weighted by Crippen LogP contribution is -2.29. The molecule has 18 aromatic carbocycles. The Morgan fingerprint density at radius 1 is 0.143 bits per heavy atom. The van der Waals surface area contributed by atoms with Crippen molar-refractivity contribution in [1.82, 2.24) is 29.9 Å². The van der Waals surface area contributed by atoms with Crippen LogP contribution in [-0.2, 0) is 10.8 Å². The van der Waals surface area contributed by atoms with Crippen molar-refractivity contribution in [3.63, 3.8) is 0 Å². The molecule has 584 valence electrons. The normalized spacial score (nSPS) is 13.2. The van der Waals surface area contributed by atoms with Gasteiger partial charge in [0, 0.05) is 70.9 Å². The van der Waals surface area contributed by atoms with Gasteiger partial charge in [0.05, 0.1) is 16.4 Å². The first-order valence-corrected chi connectivity index (χ1v) is 42.7. The molecule has 0 amide bonds. The summed E-state index contributed by atoms with van der Waals surface area (Å²) in [5, 5.41) is 8.45. The summed E-state index contributed by atoms with van der Waals surface area (Å²) in [6.07, 6.45) is 0. The second-order valence-corrected chi connectivity index (χ2v) is 33.2. The van der Waals surface area contributed by atoms with Crippen LogP contribution in [0.1, 0.15) is 44.5 Å². The Bertz CT molecular complexity index is 8540. The van der Waals surface area contributed by atoms with E-state index in [0.29, 0.717) is 34.9 Å². The van der Waals surface area contributed by atoms with Crippen molar-refractivity contribution in [3.8, 4) is 135 Å². The van der Waals surface area contributed by atoms with Gasteiger partial charge >= 0.3 is 0 Å². The summed E-state index contributed by atoms with van der Waals surface area (Å²) in [4.78, 5) is 31.5. The zero-order valence-corrected chi connectivity index (χ0v) is 67.4. The largest absolute Gasteiger partial charge is 0.456 e. The first kappa shape index (κ1) is 69.9. The zero-order valence-electron chi connectivity index (χ0n) is 67.4. The van der Waals surface area contributed by atoms with Crippen molar-refractivity contribution < 1.29 is 17.7 Å². The minimum Gasteiger partial charge on any atom is -0.456 e. The molecule has 2 spiro atoms. The summed E-state index contributed by atoms with van der Waals surface area (Å²) in [7, 11) is 0. The SMILES string of the molecule is c1ccc2c(c1)-c1ccccc1C1(c3ccccc3-2)c2ccccc2-c2cc(-c3nc(-c4ccc5c(c4)oc4ccccc45)nc(-c4ccc5c(c4)oc4ccccc45)n3)ccc21.c1ccc2c(c1)-c1ccccc1C1(c3ccccc3-2)c2ccccc2-c2cc(-c3nc(-c4ccc5c(c4)oc4ccccc45)nc(-c4cccc5c4oc4ccccc45)n3)ccc21. The molecular weight excluding hydrogens is 1540 g/mol. The summed E-state index contributed by atoms with van der Waals surface area (Å²) >= 11 is 0. The summed E-state index contributed by atoms with van der Waals surface area (Å²) in [5.41, 5.74) is 35.1. The van der Waals surface area contributed by atoms with Gasteiger partial charge in [0.25, 0.3) is 0 Å². The molecule has 0 bridgehead atoms. The Balaban J connectivity index is 0.000000131. The quantitative estimate of drug-likeness (QED) is 0.159. The molecule has 0 radical (unpaired) electrons. The average molecular weight is 1610 g/mol. The van der Waals surface area contributed by atoms with E-state index >= 15 is 0 Å². The van der Waals surface area contributed by atoms with E-state index in [1.807, 2.05) is 97.1 Å². The maximum absolute atomic E-state index is 6.56. The standard InChI is InChI=1S/2C58H33N3O2/c1-2-15-37-36(14-1)38-16-3-8-23-47(38)58(48-24-9-4-17-39(37)48)49-25-10-5-18-40(49)46-32-34(29-31-50(46)58)55-59-56(35-28-30-43-41-19-6-11-26-51(41)62-53(43)33-35)61-57(60-55)45-22-13-21-44-42-20-7-12-27-52(42)63-54(44)45;1-2-14-38-37(13-1)39-15-3-8-20-47(39)58(48-21-9-4-16-40(38)48)49-22-10-5-17-41(49)46-31-34(27-30-50(46)58)55-59-56(35-25-28-44-42-18-6-11-23-51(42)62-53(44)32-35)61-57(60-55)36-26-29-45-43-19-7-12-24-52(43)63-54(45)33-36/h2*1-33H. The summed E-state index contributed by atoms with van der Waals surface area (Å²) in [5.74, 6) is 3.36. The van der Waals surface area contributed by atoms with E-state index in [-0.39, 0.29) is 0 Å². The van der Waals surface area contributed by atoms with Crippen molar-refractivity contribution in [2.45, 2.75) is 10.8 Å². The van der Waals surface area contributed by atoms with Crippen LogP contribution in [0.2, 0.25) is 0 Å². The molecule has 0 N–H and O–H groups in total. The van der Waals surface area contributed by atoms with Crippen LogP contribution in [-0.4, -0.2) is 29.9 Å². The molecule has 24 aromatic rings.